The van der Waals surface area contributed by atoms with Crippen molar-refractivity contribution < 1.29 is 13.7 Å². The van der Waals surface area contributed by atoms with Gasteiger partial charge in [0.1, 0.15) is 0 Å². The summed E-state index contributed by atoms with van der Waals surface area (Å²) in [6.45, 7) is 0. The molecular formula is C8H8NO4S-. The van der Waals surface area contributed by atoms with Crippen LogP contribution in [-0.2, 0) is 17.5 Å². The molecule has 1 rings (SSSR count). The monoisotopic (exact) mass is 214 g/mol. The van der Waals surface area contributed by atoms with Crippen molar-refractivity contribution in [1.82, 2.24) is 0 Å². The van der Waals surface area contributed by atoms with E-state index >= 15 is 0 Å². The lowest BCUT2D eigenvalue weighted by atomic mass is 10.1. The summed E-state index contributed by atoms with van der Waals surface area (Å²) >= 11 is -2.10. The van der Waals surface area contributed by atoms with Gasteiger partial charge in [-0.05, 0) is 12.0 Å². The summed E-state index contributed by atoms with van der Waals surface area (Å²) in [6, 6.07) is 5.96. The minimum Gasteiger partial charge on any atom is -0.772 e. The van der Waals surface area contributed by atoms with Gasteiger partial charge >= 0.3 is 0 Å². The first-order valence-electron chi connectivity index (χ1n) is 3.89. The van der Waals surface area contributed by atoms with Crippen molar-refractivity contribution >= 4 is 16.8 Å². The van der Waals surface area contributed by atoms with Crippen LogP contribution in [0.25, 0.3) is 0 Å². The first-order chi connectivity index (χ1) is 6.59. The Balaban J connectivity index is 2.73. The van der Waals surface area contributed by atoms with Gasteiger partial charge in [-0.25, -0.2) is 0 Å². The van der Waals surface area contributed by atoms with E-state index < -0.39 is 16.0 Å². The average Bonchev–Trinajstić information content (AvgIpc) is 2.15. The molecule has 0 N–H and O–H groups in total. The highest BCUT2D eigenvalue weighted by Gasteiger charge is 2.04. The van der Waals surface area contributed by atoms with Gasteiger partial charge in [-0.15, -0.1) is 0 Å². The second-order valence-corrected chi connectivity index (χ2v) is 3.70. The minimum atomic E-state index is -2.10. The fourth-order valence-electron chi connectivity index (χ4n) is 1.03. The lowest BCUT2D eigenvalue weighted by Gasteiger charge is -2.04. The SMILES string of the molecule is O=[N+]([O-])c1cccc(CCS(=O)[O-])c1. The Morgan fingerprint density at radius 3 is 2.71 bits per heavy atom. The van der Waals surface area contributed by atoms with Gasteiger partial charge in [-0.3, -0.25) is 14.3 Å². The molecule has 1 unspecified atom stereocenters. The van der Waals surface area contributed by atoms with Gasteiger partial charge in [0.25, 0.3) is 5.69 Å². The van der Waals surface area contributed by atoms with Crippen LogP contribution >= 0.6 is 0 Å². The number of nitrogens with zero attached hydrogens (tertiary/aromatic N) is 1. The predicted molar refractivity (Wildman–Crippen MR) is 50.6 cm³/mol. The minimum absolute atomic E-state index is 0.0127. The molecule has 0 fully saturated rings. The van der Waals surface area contributed by atoms with Crippen LogP contribution < -0.4 is 0 Å². The second kappa shape index (κ2) is 4.83. The third-order valence-corrected chi connectivity index (χ3v) is 2.22. The average molecular weight is 214 g/mol. The predicted octanol–water partition coefficient (Wildman–Crippen LogP) is 1.02. The van der Waals surface area contributed by atoms with E-state index in [4.69, 9.17) is 0 Å². The first-order valence-corrected chi connectivity index (χ1v) is 5.13. The molecule has 0 saturated carbocycles. The molecule has 14 heavy (non-hydrogen) atoms. The fourth-order valence-corrected chi connectivity index (χ4v) is 1.43. The van der Waals surface area contributed by atoms with Gasteiger partial charge in [-0.2, -0.15) is 0 Å². The van der Waals surface area contributed by atoms with E-state index in [-0.39, 0.29) is 11.4 Å². The Labute approximate surface area is 83.2 Å². The van der Waals surface area contributed by atoms with Crippen molar-refractivity contribution in [3.8, 4) is 0 Å². The van der Waals surface area contributed by atoms with Crippen LogP contribution in [0.2, 0.25) is 0 Å². The number of nitro benzene ring substituents is 1. The molecule has 5 nitrogen and oxygen atoms in total. The highest BCUT2D eigenvalue weighted by molar-refractivity contribution is 7.79. The topological polar surface area (TPSA) is 83.3 Å². The summed E-state index contributed by atoms with van der Waals surface area (Å²) < 4.78 is 20.5. The maximum atomic E-state index is 10.4. The van der Waals surface area contributed by atoms with Crippen LogP contribution in [0.15, 0.2) is 24.3 Å². The summed E-state index contributed by atoms with van der Waals surface area (Å²) in [4.78, 5) is 9.87. The lowest BCUT2D eigenvalue weighted by molar-refractivity contribution is -0.384. The maximum absolute atomic E-state index is 10.4. The number of rotatable bonds is 4. The molecule has 0 spiro atoms. The van der Waals surface area contributed by atoms with Gasteiger partial charge < -0.3 is 4.55 Å². The molecule has 0 aliphatic heterocycles. The smallest absolute Gasteiger partial charge is 0.269 e. The third kappa shape index (κ3) is 3.23. The van der Waals surface area contributed by atoms with Gasteiger partial charge in [0, 0.05) is 17.9 Å². The number of hydrogen-bond donors (Lipinski definition) is 0. The molecule has 0 heterocycles. The summed E-state index contributed by atoms with van der Waals surface area (Å²) in [5.74, 6) is -0.0127. The van der Waals surface area contributed by atoms with Crippen LogP contribution in [0, 0.1) is 10.1 Å². The molecule has 0 amide bonds. The molecule has 1 aromatic rings. The van der Waals surface area contributed by atoms with Crippen molar-refractivity contribution in [2.75, 3.05) is 5.75 Å². The van der Waals surface area contributed by atoms with Gasteiger partial charge in [0.2, 0.25) is 0 Å². The standard InChI is InChI=1S/C8H9NO4S/c10-9(11)8-3-1-2-7(6-8)4-5-14(12)13/h1-3,6H,4-5H2,(H,12,13)/p-1. The largest absolute Gasteiger partial charge is 0.772 e. The second-order valence-electron chi connectivity index (χ2n) is 2.68. The molecule has 0 aliphatic carbocycles. The van der Waals surface area contributed by atoms with E-state index in [9.17, 15) is 18.9 Å². The van der Waals surface area contributed by atoms with Crippen LogP contribution in [0.4, 0.5) is 5.69 Å². The molecule has 1 aromatic carbocycles. The van der Waals surface area contributed by atoms with E-state index in [1.54, 1.807) is 12.1 Å². The molecule has 76 valence electrons. The van der Waals surface area contributed by atoms with Gasteiger partial charge in [0.05, 0.1) is 4.92 Å². The normalized spacial score (nSPS) is 12.4. The van der Waals surface area contributed by atoms with Gasteiger partial charge in [0.15, 0.2) is 0 Å². The highest BCUT2D eigenvalue weighted by Crippen LogP contribution is 2.13. The van der Waals surface area contributed by atoms with Crippen LogP contribution in [0.1, 0.15) is 5.56 Å². The number of nitro groups is 1. The van der Waals surface area contributed by atoms with E-state index in [1.165, 1.54) is 12.1 Å². The molecule has 0 saturated heterocycles. The van der Waals surface area contributed by atoms with Crippen molar-refractivity contribution in [1.29, 1.82) is 0 Å². The number of hydrogen-bond acceptors (Lipinski definition) is 4. The zero-order chi connectivity index (χ0) is 10.6. The summed E-state index contributed by atoms with van der Waals surface area (Å²) in [7, 11) is 0. The zero-order valence-electron chi connectivity index (χ0n) is 7.21. The number of aryl methyl sites for hydroxylation is 1. The fraction of sp³-hybridized carbons (Fsp3) is 0.250. The molecule has 0 aromatic heterocycles. The summed E-state index contributed by atoms with van der Waals surface area (Å²) in [5, 5.41) is 10.4. The molecule has 0 aliphatic rings. The first kappa shape index (κ1) is 10.8. The van der Waals surface area contributed by atoms with E-state index in [0.717, 1.165) is 0 Å². The van der Waals surface area contributed by atoms with Gasteiger partial charge in [-0.1, -0.05) is 23.2 Å². The lowest BCUT2D eigenvalue weighted by Crippen LogP contribution is -1.99. The quantitative estimate of drug-likeness (QED) is 0.425. The van der Waals surface area contributed by atoms with E-state index in [2.05, 4.69) is 0 Å². The Morgan fingerprint density at radius 2 is 2.14 bits per heavy atom. The Kier molecular flexibility index (Phi) is 3.73. The van der Waals surface area contributed by atoms with E-state index in [0.29, 0.717) is 12.0 Å². The molecular weight excluding hydrogens is 206 g/mol. The highest BCUT2D eigenvalue weighted by atomic mass is 32.2. The van der Waals surface area contributed by atoms with Crippen molar-refractivity contribution in [2.24, 2.45) is 0 Å². The number of non-ortho nitro benzene ring substituents is 1. The zero-order valence-corrected chi connectivity index (χ0v) is 8.03. The molecule has 6 heteroatoms. The number of benzene rings is 1. The molecule has 0 radical (unpaired) electrons. The molecule has 0 bridgehead atoms. The van der Waals surface area contributed by atoms with E-state index in [1.807, 2.05) is 0 Å². The van der Waals surface area contributed by atoms with Crippen molar-refractivity contribution in [2.45, 2.75) is 6.42 Å². The van der Waals surface area contributed by atoms with Crippen molar-refractivity contribution in [3.63, 3.8) is 0 Å². The Morgan fingerprint density at radius 1 is 1.43 bits per heavy atom. The maximum Gasteiger partial charge on any atom is 0.269 e. The third-order valence-electron chi connectivity index (χ3n) is 1.68. The van der Waals surface area contributed by atoms with Crippen LogP contribution in [0.3, 0.4) is 0 Å². The Hall–Kier alpha value is -1.27. The summed E-state index contributed by atoms with van der Waals surface area (Å²) in [6.07, 6.45) is 0.303. The molecule has 1 atom stereocenters. The van der Waals surface area contributed by atoms with Crippen LogP contribution in [-0.4, -0.2) is 19.4 Å². The van der Waals surface area contributed by atoms with Crippen LogP contribution in [0.5, 0.6) is 0 Å². The Bertz CT molecular complexity index is 366. The summed E-state index contributed by atoms with van der Waals surface area (Å²) in [5.41, 5.74) is 0.641. The van der Waals surface area contributed by atoms with Crippen molar-refractivity contribution in [3.05, 3.63) is 39.9 Å².